The lowest BCUT2D eigenvalue weighted by Crippen LogP contribution is -2.62. The van der Waals surface area contributed by atoms with Gasteiger partial charge in [0, 0.05) is 24.4 Å². The molecule has 2 bridgehead atoms. The highest BCUT2D eigenvalue weighted by Crippen LogP contribution is 2.50. The second kappa shape index (κ2) is 10.9. The number of amides is 4. The predicted molar refractivity (Wildman–Crippen MR) is 129 cm³/mol. The summed E-state index contributed by atoms with van der Waals surface area (Å²) < 4.78 is 39.9. The van der Waals surface area contributed by atoms with Gasteiger partial charge >= 0.3 is 12.1 Å². The molecule has 1 aliphatic carbocycles. The van der Waals surface area contributed by atoms with Crippen LogP contribution in [0.3, 0.4) is 0 Å². The number of hydrogen-bond acceptors (Lipinski definition) is 7. The standard InChI is InChI=1S/C25H35F3N6O5/c1-12(2)7-13-3-6-34-17(13)21(37)31-15(10-29)8-14-9-16(32-19(14)35)20(36)30-11-24(4-5-24)18(22(34)38)33-23(39)25(26,27)28/h12-18,21,31,37H,3-9,11H2,1-2H3,(H,30,36)(H,32,35)(H,33,39)/t13-,14-,15?,16+,17+,18-,21?/m1/s1. The number of fused-ring (bicyclic) bond motifs is 3. The van der Waals surface area contributed by atoms with Gasteiger partial charge in [-0.2, -0.15) is 18.4 Å². The van der Waals surface area contributed by atoms with Crippen LogP contribution in [-0.2, 0) is 19.2 Å². The number of halogens is 3. The SMILES string of the molecule is CC(C)C[C@H]1CCN2C(=O)[C@@H](NC(=O)C(F)(F)F)C3(CC3)CNC(=O)[C@@H]3C[C@@H](CC(C#N)NC(O)[C@H]12)C(=O)N3. The Kier molecular flexibility index (Phi) is 8.14. The molecule has 11 nitrogen and oxygen atoms in total. The average Bonchev–Trinajstić information content (AvgIpc) is 3.38. The number of rotatable bonds is 3. The summed E-state index contributed by atoms with van der Waals surface area (Å²) in [6.45, 7) is 3.91. The van der Waals surface area contributed by atoms with E-state index in [0.717, 1.165) is 0 Å². The minimum Gasteiger partial charge on any atom is -0.376 e. The molecule has 5 N–H and O–H groups in total. The van der Waals surface area contributed by atoms with E-state index in [1.807, 2.05) is 25.2 Å². The molecule has 0 radical (unpaired) electrons. The second-order valence-electron chi connectivity index (χ2n) is 11.7. The molecule has 4 amide bonds. The van der Waals surface area contributed by atoms with Gasteiger partial charge in [-0.05, 0) is 50.4 Å². The quantitative estimate of drug-likeness (QED) is 0.324. The minimum absolute atomic E-state index is 0.0207. The van der Waals surface area contributed by atoms with Gasteiger partial charge in [-0.25, -0.2) is 0 Å². The molecule has 0 aromatic rings. The van der Waals surface area contributed by atoms with Crippen LogP contribution in [0.15, 0.2) is 0 Å². The lowest BCUT2D eigenvalue weighted by molar-refractivity contribution is -0.176. The van der Waals surface area contributed by atoms with Crippen LogP contribution in [0.4, 0.5) is 13.2 Å². The summed E-state index contributed by atoms with van der Waals surface area (Å²) in [5, 5.41) is 31.0. The molecule has 2 unspecified atom stereocenters. The van der Waals surface area contributed by atoms with Crippen molar-refractivity contribution in [3.05, 3.63) is 0 Å². The molecule has 14 heteroatoms. The van der Waals surface area contributed by atoms with Crippen LogP contribution in [0.1, 0.15) is 52.4 Å². The van der Waals surface area contributed by atoms with Gasteiger partial charge in [0.15, 0.2) is 0 Å². The Balaban J connectivity index is 1.72. The van der Waals surface area contributed by atoms with Crippen molar-refractivity contribution in [3.8, 4) is 6.07 Å². The summed E-state index contributed by atoms with van der Waals surface area (Å²) in [6.07, 6.45) is -4.87. The Morgan fingerprint density at radius 1 is 1.23 bits per heavy atom. The summed E-state index contributed by atoms with van der Waals surface area (Å²) in [5.41, 5.74) is -1.15. The van der Waals surface area contributed by atoms with Gasteiger partial charge in [-0.15, -0.1) is 0 Å². The molecule has 3 heterocycles. The third-order valence-electron chi connectivity index (χ3n) is 8.44. The lowest BCUT2D eigenvalue weighted by Gasteiger charge is -2.38. The molecule has 4 rings (SSSR count). The monoisotopic (exact) mass is 556 g/mol. The number of carbonyl (C=O) groups is 4. The summed E-state index contributed by atoms with van der Waals surface area (Å²) in [5.74, 6) is -4.71. The highest BCUT2D eigenvalue weighted by Gasteiger charge is 2.58. The second-order valence-corrected chi connectivity index (χ2v) is 11.7. The number of nitrogens with zero attached hydrogens (tertiary/aromatic N) is 2. The summed E-state index contributed by atoms with van der Waals surface area (Å²) in [4.78, 5) is 52.7. The van der Waals surface area contributed by atoms with Gasteiger partial charge in [0.05, 0.1) is 18.2 Å². The minimum atomic E-state index is -5.23. The zero-order valence-electron chi connectivity index (χ0n) is 21.9. The highest BCUT2D eigenvalue weighted by atomic mass is 19.4. The fourth-order valence-corrected chi connectivity index (χ4v) is 6.26. The number of nitriles is 1. The van der Waals surface area contributed by atoms with Crippen molar-refractivity contribution >= 4 is 23.6 Å². The Hall–Kier alpha value is -2.92. The van der Waals surface area contributed by atoms with Crippen molar-refractivity contribution in [2.24, 2.45) is 23.2 Å². The Morgan fingerprint density at radius 3 is 2.51 bits per heavy atom. The first kappa shape index (κ1) is 29.1. The van der Waals surface area contributed by atoms with E-state index in [-0.39, 0.29) is 50.6 Å². The number of hydrogen-bond donors (Lipinski definition) is 5. The number of nitrogens with one attached hydrogen (secondary N) is 4. The maximum atomic E-state index is 13.9. The van der Waals surface area contributed by atoms with Crippen molar-refractivity contribution in [3.63, 3.8) is 0 Å². The van der Waals surface area contributed by atoms with E-state index in [0.29, 0.717) is 12.8 Å². The van der Waals surface area contributed by atoms with E-state index in [1.54, 1.807) is 0 Å². The van der Waals surface area contributed by atoms with Crippen LogP contribution < -0.4 is 21.3 Å². The number of aliphatic hydroxyl groups excluding tert-OH is 1. The normalized spacial score (nSPS) is 35.0. The predicted octanol–water partition coefficient (Wildman–Crippen LogP) is -0.0983. The molecule has 1 spiro atoms. The van der Waals surface area contributed by atoms with E-state index in [4.69, 9.17) is 0 Å². The van der Waals surface area contributed by atoms with Crippen molar-refractivity contribution in [1.29, 1.82) is 5.26 Å². The molecule has 39 heavy (non-hydrogen) atoms. The first-order valence-corrected chi connectivity index (χ1v) is 13.4. The van der Waals surface area contributed by atoms with Gasteiger partial charge < -0.3 is 26.0 Å². The van der Waals surface area contributed by atoms with Crippen molar-refractivity contribution in [1.82, 2.24) is 26.2 Å². The summed E-state index contributed by atoms with van der Waals surface area (Å²) in [6, 6.07) is -2.35. The van der Waals surface area contributed by atoms with Crippen molar-refractivity contribution in [2.45, 2.75) is 88.9 Å². The zero-order chi connectivity index (χ0) is 28.7. The zero-order valence-corrected chi connectivity index (χ0v) is 21.9. The number of aliphatic hydroxyl groups is 1. The highest BCUT2D eigenvalue weighted by molar-refractivity contribution is 5.93. The molecular weight excluding hydrogens is 521 g/mol. The third-order valence-corrected chi connectivity index (χ3v) is 8.44. The molecular formula is C25H35F3N6O5. The molecule has 216 valence electrons. The number of carbonyl (C=O) groups excluding carboxylic acids is 4. The van der Waals surface area contributed by atoms with E-state index in [1.165, 1.54) is 4.90 Å². The maximum Gasteiger partial charge on any atom is 0.471 e. The molecule has 3 saturated heterocycles. The van der Waals surface area contributed by atoms with E-state index in [2.05, 4.69) is 16.0 Å². The van der Waals surface area contributed by atoms with Crippen LogP contribution in [0.2, 0.25) is 0 Å². The van der Waals surface area contributed by atoms with Crippen LogP contribution in [0.25, 0.3) is 0 Å². The molecule has 0 aromatic heterocycles. The first-order valence-electron chi connectivity index (χ1n) is 13.4. The first-order chi connectivity index (χ1) is 18.3. The number of alkyl halides is 3. The topological polar surface area (TPSA) is 164 Å². The average molecular weight is 557 g/mol. The molecule has 4 fully saturated rings. The van der Waals surface area contributed by atoms with Crippen molar-refractivity contribution in [2.75, 3.05) is 13.1 Å². The molecule has 1 saturated carbocycles. The van der Waals surface area contributed by atoms with Gasteiger partial charge in [0.1, 0.15) is 18.3 Å². The Morgan fingerprint density at radius 2 is 1.92 bits per heavy atom. The van der Waals surface area contributed by atoms with Gasteiger partial charge in [-0.1, -0.05) is 13.8 Å². The van der Waals surface area contributed by atoms with Crippen LogP contribution >= 0.6 is 0 Å². The summed E-state index contributed by atoms with van der Waals surface area (Å²) >= 11 is 0. The molecule has 3 aliphatic heterocycles. The van der Waals surface area contributed by atoms with E-state index < -0.39 is 71.5 Å². The smallest absolute Gasteiger partial charge is 0.376 e. The van der Waals surface area contributed by atoms with Gasteiger partial charge in [0.2, 0.25) is 17.7 Å². The van der Waals surface area contributed by atoms with Crippen molar-refractivity contribution < 1.29 is 37.5 Å². The van der Waals surface area contributed by atoms with Crippen LogP contribution in [-0.4, -0.2) is 83.3 Å². The maximum absolute atomic E-state index is 13.9. The van der Waals surface area contributed by atoms with E-state index in [9.17, 15) is 42.7 Å². The molecule has 4 aliphatic rings. The Labute approximate surface area is 224 Å². The third kappa shape index (κ3) is 6.14. The van der Waals surface area contributed by atoms with Gasteiger partial charge in [-0.3, -0.25) is 24.5 Å². The Bertz CT molecular complexity index is 1040. The largest absolute Gasteiger partial charge is 0.471 e. The van der Waals surface area contributed by atoms with Gasteiger partial charge in [0.25, 0.3) is 0 Å². The fourth-order valence-electron chi connectivity index (χ4n) is 6.26. The molecule has 0 aromatic carbocycles. The van der Waals surface area contributed by atoms with E-state index >= 15 is 0 Å². The van der Waals surface area contributed by atoms with Crippen LogP contribution in [0.5, 0.6) is 0 Å². The van der Waals surface area contributed by atoms with Crippen LogP contribution in [0, 0.1) is 34.5 Å². The lowest BCUT2D eigenvalue weighted by atomic mass is 9.88. The molecule has 7 atom stereocenters. The fraction of sp³-hybridized carbons (Fsp3) is 0.800. The summed E-state index contributed by atoms with van der Waals surface area (Å²) in [7, 11) is 0.